The van der Waals surface area contributed by atoms with Gasteiger partial charge in [0.1, 0.15) is 10.9 Å². The molecule has 2 aromatic rings. The molecule has 108 valence electrons. The fourth-order valence-electron chi connectivity index (χ4n) is 1.46. The van der Waals surface area contributed by atoms with Crippen molar-refractivity contribution < 1.29 is 9.90 Å². The zero-order valence-corrected chi connectivity index (χ0v) is 13.4. The smallest absolute Gasteiger partial charge is 0.274 e. The van der Waals surface area contributed by atoms with Gasteiger partial charge in [0.05, 0.1) is 16.8 Å². The third-order valence-corrected chi connectivity index (χ3v) is 3.48. The van der Waals surface area contributed by atoms with Gasteiger partial charge in [-0.25, -0.2) is 10.4 Å². The van der Waals surface area contributed by atoms with Crippen molar-refractivity contribution in [3.8, 4) is 5.75 Å². The number of hydrogen-bond acceptors (Lipinski definition) is 4. The van der Waals surface area contributed by atoms with Crippen molar-refractivity contribution in [2.24, 2.45) is 5.10 Å². The topological polar surface area (TPSA) is 74.6 Å². The summed E-state index contributed by atoms with van der Waals surface area (Å²) in [6, 6.07) is 6.26. The maximum absolute atomic E-state index is 11.8. The highest BCUT2D eigenvalue weighted by Gasteiger charge is 2.10. The Morgan fingerprint density at radius 2 is 2.19 bits per heavy atom. The standard InChI is InChI=1S/C13H8BrCl2N3O2/c14-8-4-7(11(20)10(15)5-8)6-18-19-13(21)9-2-1-3-17-12(9)16/h1-6,20H,(H,19,21). The summed E-state index contributed by atoms with van der Waals surface area (Å²) in [7, 11) is 0. The molecule has 0 aliphatic carbocycles. The number of rotatable bonds is 3. The first-order chi connectivity index (χ1) is 9.99. The second-order valence-corrected chi connectivity index (χ2v) is 5.55. The number of pyridine rings is 1. The Morgan fingerprint density at radius 1 is 1.43 bits per heavy atom. The molecule has 0 radical (unpaired) electrons. The van der Waals surface area contributed by atoms with Crippen LogP contribution in [-0.4, -0.2) is 22.2 Å². The third-order valence-electron chi connectivity index (χ3n) is 2.43. The second kappa shape index (κ2) is 6.89. The highest BCUT2D eigenvalue weighted by Crippen LogP contribution is 2.30. The summed E-state index contributed by atoms with van der Waals surface area (Å²) < 4.78 is 0.674. The van der Waals surface area contributed by atoms with Crippen LogP contribution in [0.1, 0.15) is 15.9 Å². The zero-order chi connectivity index (χ0) is 15.4. The summed E-state index contributed by atoms with van der Waals surface area (Å²) in [6.07, 6.45) is 2.75. The number of nitrogens with zero attached hydrogens (tertiary/aromatic N) is 2. The van der Waals surface area contributed by atoms with Gasteiger partial charge in [-0.1, -0.05) is 39.1 Å². The zero-order valence-electron chi connectivity index (χ0n) is 10.3. The lowest BCUT2D eigenvalue weighted by Gasteiger charge is -2.03. The number of aromatic hydroxyl groups is 1. The average Bonchev–Trinajstić information content (AvgIpc) is 2.44. The van der Waals surface area contributed by atoms with Crippen LogP contribution in [0.3, 0.4) is 0 Å². The molecule has 1 aromatic heterocycles. The van der Waals surface area contributed by atoms with Gasteiger partial charge in [0.25, 0.3) is 5.91 Å². The normalized spacial score (nSPS) is 10.8. The number of hydrogen-bond donors (Lipinski definition) is 2. The van der Waals surface area contributed by atoms with E-state index < -0.39 is 5.91 Å². The van der Waals surface area contributed by atoms with E-state index >= 15 is 0 Å². The lowest BCUT2D eigenvalue weighted by molar-refractivity contribution is 0.0955. The van der Waals surface area contributed by atoms with Crippen LogP contribution >= 0.6 is 39.1 Å². The second-order valence-electron chi connectivity index (χ2n) is 3.87. The lowest BCUT2D eigenvalue weighted by Crippen LogP contribution is -2.18. The van der Waals surface area contributed by atoms with E-state index in [1.54, 1.807) is 18.2 Å². The van der Waals surface area contributed by atoms with Gasteiger partial charge in [-0.05, 0) is 24.3 Å². The molecule has 0 bridgehead atoms. The summed E-state index contributed by atoms with van der Waals surface area (Å²) in [5.41, 5.74) is 2.85. The van der Waals surface area contributed by atoms with E-state index in [0.717, 1.165) is 0 Å². The molecule has 0 fully saturated rings. The minimum Gasteiger partial charge on any atom is -0.506 e. The molecule has 1 amide bonds. The number of benzene rings is 1. The van der Waals surface area contributed by atoms with Crippen LogP contribution in [0.2, 0.25) is 10.2 Å². The van der Waals surface area contributed by atoms with Gasteiger partial charge in [-0.2, -0.15) is 5.10 Å². The number of nitrogens with one attached hydrogen (secondary N) is 1. The number of carbonyl (C=O) groups excluding carboxylic acids is 1. The van der Waals surface area contributed by atoms with E-state index in [4.69, 9.17) is 23.2 Å². The van der Waals surface area contributed by atoms with Crippen LogP contribution in [0, 0.1) is 0 Å². The van der Waals surface area contributed by atoms with E-state index in [1.165, 1.54) is 18.5 Å². The van der Waals surface area contributed by atoms with Crippen LogP contribution in [0.5, 0.6) is 5.75 Å². The summed E-state index contributed by atoms with van der Waals surface area (Å²) in [5, 5.41) is 13.8. The van der Waals surface area contributed by atoms with Gasteiger partial charge in [0.15, 0.2) is 0 Å². The van der Waals surface area contributed by atoms with E-state index in [1.807, 2.05) is 0 Å². The van der Waals surface area contributed by atoms with Crippen molar-refractivity contribution in [1.29, 1.82) is 0 Å². The number of phenolic OH excluding ortho intramolecular Hbond substituents is 1. The summed E-state index contributed by atoms with van der Waals surface area (Å²) in [4.78, 5) is 15.6. The molecule has 0 aliphatic heterocycles. The predicted molar refractivity (Wildman–Crippen MR) is 85.1 cm³/mol. The molecule has 0 saturated carbocycles. The van der Waals surface area contributed by atoms with E-state index in [2.05, 4.69) is 31.4 Å². The van der Waals surface area contributed by atoms with Crippen LogP contribution < -0.4 is 5.43 Å². The molecule has 21 heavy (non-hydrogen) atoms. The molecular weight excluding hydrogens is 381 g/mol. The molecule has 0 atom stereocenters. The third kappa shape index (κ3) is 3.93. The Balaban J connectivity index is 2.13. The minimum atomic E-state index is -0.509. The Morgan fingerprint density at radius 3 is 2.90 bits per heavy atom. The van der Waals surface area contributed by atoms with Crippen molar-refractivity contribution in [3.05, 3.63) is 56.2 Å². The molecule has 0 aliphatic rings. The van der Waals surface area contributed by atoms with Crippen molar-refractivity contribution >= 4 is 51.3 Å². The Bertz CT molecular complexity index is 723. The maximum atomic E-state index is 11.8. The SMILES string of the molecule is O=C(NN=Cc1cc(Br)cc(Cl)c1O)c1cccnc1Cl. The maximum Gasteiger partial charge on any atom is 0.274 e. The molecule has 8 heteroatoms. The molecule has 0 saturated heterocycles. The first-order valence-corrected chi connectivity index (χ1v) is 7.16. The van der Waals surface area contributed by atoms with Crippen molar-refractivity contribution in [2.75, 3.05) is 0 Å². The monoisotopic (exact) mass is 387 g/mol. The molecule has 2 rings (SSSR count). The fraction of sp³-hybridized carbons (Fsp3) is 0. The summed E-state index contributed by atoms with van der Waals surface area (Å²) in [5.74, 6) is -0.637. The lowest BCUT2D eigenvalue weighted by atomic mass is 10.2. The molecule has 0 spiro atoms. The van der Waals surface area contributed by atoms with Crippen LogP contribution in [0.15, 0.2) is 40.0 Å². The average molecular weight is 389 g/mol. The van der Waals surface area contributed by atoms with Gasteiger partial charge in [0, 0.05) is 16.2 Å². The Labute approximate surface area is 138 Å². The quantitative estimate of drug-likeness (QED) is 0.479. The number of hydrazone groups is 1. The van der Waals surface area contributed by atoms with Crippen LogP contribution in [-0.2, 0) is 0 Å². The number of halogens is 3. The highest BCUT2D eigenvalue weighted by molar-refractivity contribution is 9.10. The fourth-order valence-corrected chi connectivity index (χ4v) is 2.50. The van der Waals surface area contributed by atoms with Gasteiger partial charge in [-0.15, -0.1) is 0 Å². The Kier molecular flexibility index (Phi) is 5.17. The van der Waals surface area contributed by atoms with Crippen LogP contribution in [0.4, 0.5) is 0 Å². The highest BCUT2D eigenvalue weighted by atomic mass is 79.9. The van der Waals surface area contributed by atoms with E-state index in [-0.39, 0.29) is 21.5 Å². The van der Waals surface area contributed by atoms with E-state index in [0.29, 0.717) is 10.0 Å². The molecule has 1 heterocycles. The van der Waals surface area contributed by atoms with Crippen molar-refractivity contribution in [2.45, 2.75) is 0 Å². The van der Waals surface area contributed by atoms with E-state index in [9.17, 15) is 9.90 Å². The first-order valence-electron chi connectivity index (χ1n) is 5.61. The Hall–Kier alpha value is -1.63. The van der Waals surface area contributed by atoms with Crippen molar-refractivity contribution in [3.63, 3.8) is 0 Å². The predicted octanol–water partition coefficient (Wildman–Crippen LogP) is 3.62. The van der Waals surface area contributed by atoms with Crippen LogP contribution in [0.25, 0.3) is 0 Å². The molecule has 5 nitrogen and oxygen atoms in total. The summed E-state index contributed by atoms with van der Waals surface area (Å²) in [6.45, 7) is 0. The molecule has 2 N–H and O–H groups in total. The molecular formula is C13H8BrCl2N3O2. The number of phenols is 1. The van der Waals surface area contributed by atoms with Gasteiger partial charge in [0.2, 0.25) is 0 Å². The van der Waals surface area contributed by atoms with Gasteiger partial charge in [-0.3, -0.25) is 4.79 Å². The largest absolute Gasteiger partial charge is 0.506 e. The number of aromatic nitrogens is 1. The number of amides is 1. The number of carbonyl (C=O) groups is 1. The van der Waals surface area contributed by atoms with Crippen molar-refractivity contribution in [1.82, 2.24) is 10.4 Å². The minimum absolute atomic E-state index is 0.0820. The summed E-state index contributed by atoms with van der Waals surface area (Å²) >= 11 is 14.9. The van der Waals surface area contributed by atoms with Gasteiger partial charge >= 0.3 is 0 Å². The molecule has 1 aromatic carbocycles. The van der Waals surface area contributed by atoms with Gasteiger partial charge < -0.3 is 5.11 Å². The molecule has 0 unspecified atom stereocenters. The first kappa shape index (κ1) is 15.8.